The zero-order valence-electron chi connectivity index (χ0n) is 38.1. The molecule has 0 saturated carbocycles. The first kappa shape index (κ1) is 39.9. The molecule has 0 bridgehead atoms. The van der Waals surface area contributed by atoms with Crippen molar-refractivity contribution in [3.8, 4) is 44.5 Å². The zero-order valence-corrected chi connectivity index (χ0v) is 38.1. The van der Waals surface area contributed by atoms with Gasteiger partial charge in [-0.1, -0.05) is 195 Å². The Kier molecular flexibility index (Phi) is 8.96. The Labute approximate surface area is 405 Å². The summed E-state index contributed by atoms with van der Waals surface area (Å²) in [6.07, 6.45) is 6.22. The van der Waals surface area contributed by atoms with Crippen LogP contribution in [0.25, 0.3) is 94.0 Å². The summed E-state index contributed by atoms with van der Waals surface area (Å²) < 4.78 is 12.4. The van der Waals surface area contributed by atoms with Crippen molar-refractivity contribution in [1.29, 1.82) is 0 Å². The minimum atomic E-state index is -0.628. The highest BCUT2D eigenvalue weighted by molar-refractivity contribution is 6.08. The van der Waals surface area contributed by atoms with Gasteiger partial charge in [0.25, 0.3) is 0 Å². The maximum atomic E-state index is 6.22. The van der Waals surface area contributed by atoms with Gasteiger partial charge in [0.1, 0.15) is 22.3 Å². The van der Waals surface area contributed by atoms with Crippen LogP contribution in [0.2, 0.25) is 0 Å². The highest BCUT2D eigenvalue weighted by Crippen LogP contribution is 2.64. The van der Waals surface area contributed by atoms with Crippen molar-refractivity contribution in [2.75, 3.05) is 4.90 Å². The third-order valence-electron chi connectivity index (χ3n) is 14.7. The summed E-state index contributed by atoms with van der Waals surface area (Å²) >= 11 is 0. The van der Waals surface area contributed by atoms with E-state index in [2.05, 4.69) is 230 Å². The number of allylic oxidation sites excluding steroid dienone is 5. The van der Waals surface area contributed by atoms with Crippen molar-refractivity contribution in [3.05, 3.63) is 283 Å². The largest absolute Gasteiger partial charge is 0.456 e. The lowest BCUT2D eigenvalue weighted by atomic mass is 9.71. The lowest BCUT2D eigenvalue weighted by Crippen LogP contribution is -2.35. The molecule has 0 aliphatic heterocycles. The van der Waals surface area contributed by atoms with E-state index in [0.29, 0.717) is 0 Å². The zero-order chi connectivity index (χ0) is 46.3. The third kappa shape index (κ3) is 5.95. The first-order valence-corrected chi connectivity index (χ1v) is 23.9. The predicted molar refractivity (Wildman–Crippen MR) is 290 cm³/mol. The molecule has 0 atom stereocenters. The van der Waals surface area contributed by atoms with E-state index in [9.17, 15) is 0 Å². The van der Waals surface area contributed by atoms with Gasteiger partial charge < -0.3 is 13.7 Å². The van der Waals surface area contributed by atoms with Crippen LogP contribution in [0.5, 0.6) is 0 Å². The smallest absolute Gasteiger partial charge is 0.135 e. The molecule has 14 rings (SSSR count). The molecule has 3 nitrogen and oxygen atoms in total. The third-order valence-corrected chi connectivity index (χ3v) is 14.7. The fourth-order valence-electron chi connectivity index (χ4n) is 11.6. The number of hydrogen-bond acceptors (Lipinski definition) is 3. The molecule has 0 fully saturated rings. The average molecular weight is 894 g/mol. The highest BCUT2D eigenvalue weighted by Gasteiger charge is 2.54. The molecule has 0 N–H and O–H groups in total. The Hall–Kier alpha value is -9.18. The summed E-state index contributed by atoms with van der Waals surface area (Å²) in [6, 6.07) is 83.6. The van der Waals surface area contributed by atoms with E-state index in [-0.39, 0.29) is 0 Å². The van der Waals surface area contributed by atoms with E-state index in [1.807, 2.05) is 30.3 Å². The lowest BCUT2D eigenvalue weighted by molar-refractivity contribution is 0.668. The fraction of sp³-hybridized carbons (Fsp3) is 0.0149. The molecular formula is C67H43NO2. The van der Waals surface area contributed by atoms with Gasteiger partial charge in [-0.25, -0.2) is 0 Å². The first-order valence-electron chi connectivity index (χ1n) is 23.9. The number of benzene rings is 10. The minimum Gasteiger partial charge on any atom is -0.456 e. The average Bonchev–Trinajstić information content (AvgIpc) is 4.16. The second kappa shape index (κ2) is 15.7. The van der Waals surface area contributed by atoms with Crippen LogP contribution < -0.4 is 4.90 Å². The van der Waals surface area contributed by atoms with E-state index < -0.39 is 5.41 Å². The van der Waals surface area contributed by atoms with Crippen LogP contribution in [-0.2, 0) is 5.41 Å². The number of hydrogen-bond donors (Lipinski definition) is 0. The second-order valence-corrected chi connectivity index (χ2v) is 18.4. The molecule has 10 aromatic carbocycles. The van der Waals surface area contributed by atoms with Crippen LogP contribution in [-0.4, -0.2) is 0 Å². The van der Waals surface area contributed by atoms with Crippen molar-refractivity contribution < 1.29 is 8.83 Å². The molecule has 1 spiro atoms. The van der Waals surface area contributed by atoms with Gasteiger partial charge in [-0.3, -0.25) is 0 Å². The summed E-state index contributed by atoms with van der Waals surface area (Å²) in [5, 5.41) is 4.51. The summed E-state index contributed by atoms with van der Waals surface area (Å²) in [6.45, 7) is 4.14. The SMILES string of the molecule is C=C/C=C\C1=C(N(c2ccc(-c3ccc(-c4ccc5oc6ccccc6c5c4)cc3)cc2)c2ccc(-c3ccc4oc5ccccc5c4c3)cc2)C2(c3ccccc31)c1ccccc1-c1ccccc12. The van der Waals surface area contributed by atoms with E-state index >= 15 is 0 Å². The number of fused-ring (bicyclic) bond motifs is 13. The van der Waals surface area contributed by atoms with Gasteiger partial charge >= 0.3 is 0 Å². The molecule has 0 unspecified atom stereocenters. The number of anilines is 2. The predicted octanol–water partition coefficient (Wildman–Crippen LogP) is 18.1. The van der Waals surface area contributed by atoms with Crippen molar-refractivity contribution >= 4 is 60.8 Å². The van der Waals surface area contributed by atoms with Gasteiger partial charge in [0.15, 0.2) is 0 Å². The fourth-order valence-corrected chi connectivity index (χ4v) is 11.6. The number of nitrogens with zero attached hydrogens (tertiary/aromatic N) is 1. The Bertz CT molecular complexity index is 4080. The van der Waals surface area contributed by atoms with Crippen LogP contribution in [0.4, 0.5) is 11.4 Å². The van der Waals surface area contributed by atoms with Crippen LogP contribution in [0.3, 0.4) is 0 Å². The Morgan fingerprint density at radius 1 is 0.357 bits per heavy atom. The molecular weight excluding hydrogens is 851 g/mol. The lowest BCUT2D eigenvalue weighted by Gasteiger charge is -2.39. The van der Waals surface area contributed by atoms with Gasteiger partial charge in [0.05, 0.1) is 11.1 Å². The van der Waals surface area contributed by atoms with Crippen molar-refractivity contribution in [2.45, 2.75) is 5.41 Å². The monoisotopic (exact) mass is 893 g/mol. The quantitative estimate of drug-likeness (QED) is 0.142. The molecule has 3 heteroatoms. The van der Waals surface area contributed by atoms with Crippen molar-refractivity contribution in [1.82, 2.24) is 0 Å². The molecule has 70 heavy (non-hydrogen) atoms. The van der Waals surface area contributed by atoms with E-state index in [4.69, 9.17) is 8.83 Å². The summed E-state index contributed by atoms with van der Waals surface area (Å²) in [5.74, 6) is 0. The standard InChI is InChI=1S/C67H43NO2/c1-2-3-14-56-53-17-6-11-22-61(53)67(59-20-9-4-15-51(59)52-16-5-10-21-60(52)67)66(56)68(50-37-31-46(32-38-50)48-34-40-65-58(42-48)55-19-8-13-24-63(55)70-65)49-35-29-44(30-36-49)43-25-27-45(28-26-43)47-33-39-64-57(41-47)54-18-7-12-23-62(54)69-64/h2-42H,1H2/b14-3-. The molecule has 12 aromatic rings. The van der Waals surface area contributed by atoms with Crippen molar-refractivity contribution in [2.24, 2.45) is 0 Å². The molecule has 2 aliphatic carbocycles. The van der Waals surface area contributed by atoms with E-state index in [0.717, 1.165) is 94.2 Å². The summed E-state index contributed by atoms with van der Waals surface area (Å²) in [5.41, 5.74) is 21.9. The minimum absolute atomic E-state index is 0.628. The van der Waals surface area contributed by atoms with Gasteiger partial charge in [-0.2, -0.15) is 0 Å². The van der Waals surface area contributed by atoms with E-state index in [1.54, 1.807) is 0 Å². The van der Waals surface area contributed by atoms with Crippen LogP contribution in [0.1, 0.15) is 22.3 Å². The van der Waals surface area contributed by atoms with Crippen LogP contribution in [0.15, 0.2) is 270 Å². The van der Waals surface area contributed by atoms with Crippen LogP contribution >= 0.6 is 0 Å². The maximum Gasteiger partial charge on any atom is 0.135 e. The molecule has 0 radical (unpaired) electrons. The van der Waals surface area contributed by atoms with Gasteiger partial charge in [0.2, 0.25) is 0 Å². The van der Waals surface area contributed by atoms with Gasteiger partial charge in [0, 0.05) is 38.5 Å². The Morgan fingerprint density at radius 2 is 0.729 bits per heavy atom. The van der Waals surface area contributed by atoms with Crippen LogP contribution in [0, 0.1) is 0 Å². The second-order valence-electron chi connectivity index (χ2n) is 18.4. The van der Waals surface area contributed by atoms with E-state index in [1.165, 1.54) is 39.1 Å². The Morgan fingerprint density at radius 3 is 1.21 bits per heavy atom. The first-order chi connectivity index (χ1) is 34.7. The molecule has 2 aromatic heterocycles. The number of furan rings is 2. The Balaban J connectivity index is 0.926. The molecule has 2 aliphatic rings. The van der Waals surface area contributed by atoms with Gasteiger partial charge in [-0.15, -0.1) is 0 Å². The topological polar surface area (TPSA) is 29.5 Å². The molecule has 2 heterocycles. The van der Waals surface area contributed by atoms with Gasteiger partial charge in [-0.05, 0) is 127 Å². The number of para-hydroxylation sites is 2. The summed E-state index contributed by atoms with van der Waals surface area (Å²) in [4.78, 5) is 2.51. The molecule has 328 valence electrons. The highest BCUT2D eigenvalue weighted by atomic mass is 16.3. The molecule has 0 saturated heterocycles. The van der Waals surface area contributed by atoms with Crippen molar-refractivity contribution in [3.63, 3.8) is 0 Å². The summed E-state index contributed by atoms with van der Waals surface area (Å²) in [7, 11) is 0. The maximum absolute atomic E-state index is 6.22. The normalized spacial score (nSPS) is 13.5. The molecule has 0 amide bonds. The number of rotatable bonds is 8.